The molecular formula is C16H19N3O4S2. The summed E-state index contributed by atoms with van der Waals surface area (Å²) in [5, 5.41) is 1.83. The number of aromatic nitrogens is 1. The molecule has 9 heteroatoms. The lowest BCUT2D eigenvalue weighted by molar-refractivity contribution is -0.113. The Balaban J connectivity index is 2.35. The molecule has 0 aliphatic heterocycles. The second-order valence-corrected chi connectivity index (χ2v) is 8.27. The van der Waals surface area contributed by atoms with Gasteiger partial charge in [0.2, 0.25) is 10.0 Å². The van der Waals surface area contributed by atoms with E-state index < -0.39 is 15.9 Å². The van der Waals surface area contributed by atoms with E-state index >= 15 is 0 Å². The molecule has 0 atom stereocenters. The van der Waals surface area contributed by atoms with E-state index in [2.05, 4.69) is 4.99 Å². The molecule has 0 bridgehead atoms. The van der Waals surface area contributed by atoms with E-state index in [1.54, 1.807) is 23.7 Å². The zero-order valence-electron chi connectivity index (χ0n) is 14.3. The number of thiazole rings is 1. The van der Waals surface area contributed by atoms with E-state index in [-0.39, 0.29) is 10.6 Å². The third kappa shape index (κ3) is 4.44. The lowest BCUT2D eigenvalue weighted by Gasteiger charge is -2.14. The topological polar surface area (TPSA) is 81.0 Å². The summed E-state index contributed by atoms with van der Waals surface area (Å²) >= 11 is 1.35. The highest BCUT2D eigenvalue weighted by atomic mass is 32.2. The number of carbonyl (C=O) groups is 1. The van der Waals surface area contributed by atoms with Crippen molar-refractivity contribution >= 4 is 33.3 Å². The largest absolute Gasteiger partial charge is 0.495 e. The fourth-order valence-corrected chi connectivity index (χ4v) is 3.75. The van der Waals surface area contributed by atoms with Crippen LogP contribution in [0, 0.1) is 0 Å². The third-order valence-electron chi connectivity index (χ3n) is 3.33. The summed E-state index contributed by atoms with van der Waals surface area (Å²) in [7, 11) is 2.43. The third-order valence-corrected chi connectivity index (χ3v) is 6.01. The second kappa shape index (κ2) is 7.77. The molecule has 0 aliphatic rings. The van der Waals surface area contributed by atoms with E-state index in [0.29, 0.717) is 10.4 Å². The van der Waals surface area contributed by atoms with E-state index in [4.69, 9.17) is 4.74 Å². The number of hydrogen-bond acceptors (Lipinski definition) is 5. The smallest absolute Gasteiger partial charge is 0.272 e. The van der Waals surface area contributed by atoms with Crippen LogP contribution in [0.1, 0.15) is 5.56 Å². The van der Waals surface area contributed by atoms with Crippen molar-refractivity contribution in [2.75, 3.05) is 21.2 Å². The molecule has 25 heavy (non-hydrogen) atoms. The van der Waals surface area contributed by atoms with E-state index in [1.807, 2.05) is 11.6 Å². The van der Waals surface area contributed by atoms with Crippen molar-refractivity contribution in [1.82, 2.24) is 8.87 Å². The van der Waals surface area contributed by atoms with Gasteiger partial charge >= 0.3 is 0 Å². The Morgan fingerprint density at radius 2 is 2.08 bits per heavy atom. The molecule has 134 valence electrons. The van der Waals surface area contributed by atoms with Gasteiger partial charge in [-0.15, -0.1) is 11.3 Å². The number of hydrogen-bond donors (Lipinski definition) is 0. The number of nitrogens with zero attached hydrogens (tertiary/aromatic N) is 3. The van der Waals surface area contributed by atoms with Gasteiger partial charge in [-0.25, -0.2) is 12.7 Å². The maximum Gasteiger partial charge on any atom is 0.272 e. The summed E-state index contributed by atoms with van der Waals surface area (Å²) in [5.41, 5.74) is 0.556. The van der Waals surface area contributed by atoms with Gasteiger partial charge < -0.3 is 9.30 Å². The molecule has 1 aromatic carbocycles. The molecule has 0 spiro atoms. The number of aryl methyl sites for hydroxylation is 1. The Labute approximate surface area is 150 Å². The van der Waals surface area contributed by atoms with Gasteiger partial charge in [0, 0.05) is 38.8 Å². The van der Waals surface area contributed by atoms with Gasteiger partial charge in [-0.2, -0.15) is 4.99 Å². The van der Waals surface area contributed by atoms with E-state index in [9.17, 15) is 13.2 Å². The molecule has 2 aromatic rings. The lowest BCUT2D eigenvalue weighted by atomic mass is 10.2. The number of ether oxygens (including phenoxy) is 1. The molecule has 1 heterocycles. The van der Waals surface area contributed by atoms with Crippen LogP contribution < -0.4 is 9.54 Å². The molecule has 7 nitrogen and oxygen atoms in total. The zero-order valence-corrected chi connectivity index (χ0v) is 16.0. The van der Waals surface area contributed by atoms with Crippen LogP contribution in [0.4, 0.5) is 0 Å². The standard InChI is InChI=1S/C16H19N3O4S2/c1-18(2)25(21,22)14-11-12(5-7-13(14)23-4)6-8-15(20)17-16-19(3)9-10-24-16/h5-11H,1-4H3/b8-6+,17-16?. The second-order valence-electron chi connectivity index (χ2n) is 5.28. The predicted molar refractivity (Wildman–Crippen MR) is 96.8 cm³/mol. The molecule has 2 rings (SSSR count). The Morgan fingerprint density at radius 3 is 2.64 bits per heavy atom. The lowest BCUT2D eigenvalue weighted by Crippen LogP contribution is -2.22. The van der Waals surface area contributed by atoms with E-state index in [0.717, 1.165) is 4.31 Å². The first-order valence-corrected chi connectivity index (χ1v) is 9.55. The fraction of sp³-hybridized carbons (Fsp3) is 0.250. The first-order valence-electron chi connectivity index (χ1n) is 7.23. The molecule has 0 saturated carbocycles. The minimum Gasteiger partial charge on any atom is -0.495 e. The van der Waals surface area contributed by atoms with Crippen molar-refractivity contribution in [3.8, 4) is 5.75 Å². The van der Waals surface area contributed by atoms with Crippen LogP contribution in [-0.4, -0.2) is 44.4 Å². The average Bonchev–Trinajstić information content (AvgIpc) is 2.97. The van der Waals surface area contributed by atoms with Crippen molar-refractivity contribution < 1.29 is 17.9 Å². The summed E-state index contributed by atoms with van der Waals surface area (Å²) in [6, 6.07) is 4.68. The Bertz CT molecular complexity index is 969. The quantitative estimate of drug-likeness (QED) is 0.735. The normalized spacial score (nSPS) is 12.9. The summed E-state index contributed by atoms with van der Waals surface area (Å²) in [5.74, 6) is -0.182. The minimum atomic E-state index is -3.66. The Morgan fingerprint density at radius 1 is 1.36 bits per heavy atom. The molecule has 1 amide bonds. The first kappa shape index (κ1) is 19.1. The van der Waals surface area contributed by atoms with Crippen LogP contribution in [0.15, 0.2) is 45.7 Å². The van der Waals surface area contributed by atoms with Crippen LogP contribution in [0.25, 0.3) is 6.08 Å². The molecule has 1 aromatic heterocycles. The summed E-state index contributed by atoms with van der Waals surface area (Å²) < 4.78 is 32.7. The van der Waals surface area contributed by atoms with Crippen molar-refractivity contribution in [2.24, 2.45) is 12.0 Å². The van der Waals surface area contributed by atoms with Gasteiger partial charge in [0.25, 0.3) is 5.91 Å². The van der Waals surface area contributed by atoms with Crippen LogP contribution in [0.5, 0.6) is 5.75 Å². The average molecular weight is 381 g/mol. The maximum atomic E-state index is 12.4. The highest BCUT2D eigenvalue weighted by molar-refractivity contribution is 7.89. The van der Waals surface area contributed by atoms with Crippen LogP contribution >= 0.6 is 11.3 Å². The monoisotopic (exact) mass is 381 g/mol. The molecule has 0 unspecified atom stereocenters. The highest BCUT2D eigenvalue weighted by Gasteiger charge is 2.22. The number of sulfonamides is 1. The molecule has 0 aliphatic carbocycles. The van der Waals surface area contributed by atoms with Crippen LogP contribution in [0.2, 0.25) is 0 Å². The van der Waals surface area contributed by atoms with Crippen molar-refractivity contribution in [3.63, 3.8) is 0 Å². The summed E-state index contributed by atoms with van der Waals surface area (Å²) in [6.45, 7) is 0. The Kier molecular flexibility index (Phi) is 5.93. The number of methoxy groups -OCH3 is 1. The van der Waals surface area contributed by atoms with Gasteiger partial charge in [-0.1, -0.05) is 6.07 Å². The van der Waals surface area contributed by atoms with Gasteiger partial charge in [0.05, 0.1) is 7.11 Å². The maximum absolute atomic E-state index is 12.4. The minimum absolute atomic E-state index is 0.0381. The molecule has 0 N–H and O–H groups in total. The summed E-state index contributed by atoms with van der Waals surface area (Å²) in [6.07, 6.45) is 4.63. The van der Waals surface area contributed by atoms with Crippen LogP contribution in [-0.2, 0) is 21.9 Å². The molecular weight excluding hydrogens is 362 g/mol. The van der Waals surface area contributed by atoms with Crippen LogP contribution in [0.3, 0.4) is 0 Å². The number of rotatable bonds is 5. The fourth-order valence-electron chi connectivity index (χ4n) is 1.93. The Hall–Kier alpha value is -2.23. The number of carbonyl (C=O) groups excluding carboxylic acids is 1. The zero-order chi connectivity index (χ0) is 18.6. The van der Waals surface area contributed by atoms with E-state index in [1.165, 1.54) is 50.8 Å². The molecule has 0 radical (unpaired) electrons. The number of benzene rings is 1. The summed E-state index contributed by atoms with van der Waals surface area (Å²) in [4.78, 5) is 16.5. The van der Waals surface area contributed by atoms with Crippen molar-refractivity contribution in [3.05, 3.63) is 46.2 Å². The SMILES string of the molecule is COc1ccc(/C=C/C(=O)N=c2sccn2C)cc1S(=O)(=O)N(C)C. The van der Waals surface area contributed by atoms with Crippen molar-refractivity contribution in [1.29, 1.82) is 0 Å². The predicted octanol–water partition coefficient (Wildman–Crippen LogP) is 1.49. The van der Waals surface area contributed by atoms with Gasteiger partial charge in [-0.05, 0) is 23.8 Å². The molecule has 0 saturated heterocycles. The van der Waals surface area contributed by atoms with Gasteiger partial charge in [-0.3, -0.25) is 4.79 Å². The van der Waals surface area contributed by atoms with Gasteiger partial charge in [0.15, 0.2) is 4.80 Å². The highest BCUT2D eigenvalue weighted by Crippen LogP contribution is 2.27. The first-order chi connectivity index (χ1) is 11.8. The molecule has 0 fully saturated rings. The van der Waals surface area contributed by atoms with Crippen molar-refractivity contribution in [2.45, 2.75) is 4.90 Å². The number of amides is 1. The van der Waals surface area contributed by atoms with Gasteiger partial charge in [0.1, 0.15) is 10.6 Å².